The minimum Gasteiger partial charge on any atom is -0.310 e. The lowest BCUT2D eigenvalue weighted by atomic mass is 9.87. The molecule has 2 bridgehead atoms. The number of fused-ring (bicyclic) bond motifs is 3. The van der Waals surface area contributed by atoms with E-state index >= 15 is 0 Å². The first-order chi connectivity index (χ1) is 9.29. The molecule has 1 aromatic heterocycles. The largest absolute Gasteiger partial charge is 0.310 e. The Morgan fingerprint density at radius 2 is 2.21 bits per heavy atom. The number of thiophene rings is 1. The molecule has 2 fully saturated rings. The van der Waals surface area contributed by atoms with Crippen molar-refractivity contribution in [1.29, 1.82) is 0 Å². The average Bonchev–Trinajstić information content (AvgIpc) is 3.09. The summed E-state index contributed by atoms with van der Waals surface area (Å²) in [6, 6.07) is 2.99. The lowest BCUT2D eigenvalue weighted by Crippen LogP contribution is -2.31. The molecule has 19 heavy (non-hydrogen) atoms. The molecule has 3 aliphatic rings. The summed E-state index contributed by atoms with van der Waals surface area (Å²) >= 11 is 5.60. The van der Waals surface area contributed by atoms with Crippen molar-refractivity contribution in [2.45, 2.75) is 51.0 Å². The molecule has 0 aromatic carbocycles. The molecule has 3 aliphatic carbocycles. The molecule has 0 aliphatic heterocycles. The van der Waals surface area contributed by atoms with Crippen molar-refractivity contribution in [1.82, 2.24) is 5.32 Å². The summed E-state index contributed by atoms with van der Waals surface area (Å²) in [5.41, 5.74) is 1.59. The Morgan fingerprint density at radius 1 is 1.26 bits per heavy atom. The summed E-state index contributed by atoms with van der Waals surface area (Å²) in [5, 5.41) is 3.90. The molecule has 4 atom stereocenters. The van der Waals surface area contributed by atoms with Crippen LogP contribution in [0.5, 0.6) is 0 Å². The van der Waals surface area contributed by atoms with Crippen LogP contribution >= 0.6 is 27.3 Å². The SMILES string of the molecule is Brc1cc2c(s1)CCCC2NCC1CC2CCC1C2. The van der Waals surface area contributed by atoms with Gasteiger partial charge in [0.1, 0.15) is 0 Å². The van der Waals surface area contributed by atoms with E-state index < -0.39 is 0 Å². The van der Waals surface area contributed by atoms with Crippen LogP contribution in [0.1, 0.15) is 55.0 Å². The second-order valence-electron chi connectivity index (χ2n) is 6.72. The van der Waals surface area contributed by atoms with Crippen LogP contribution < -0.4 is 5.32 Å². The molecule has 2 saturated carbocycles. The predicted octanol–water partition coefficient (Wildman–Crippen LogP) is 4.91. The first-order valence-electron chi connectivity index (χ1n) is 7.81. The van der Waals surface area contributed by atoms with Crippen LogP contribution in [0.25, 0.3) is 0 Å². The highest BCUT2D eigenvalue weighted by molar-refractivity contribution is 9.11. The molecule has 0 spiro atoms. The van der Waals surface area contributed by atoms with Gasteiger partial charge >= 0.3 is 0 Å². The monoisotopic (exact) mass is 339 g/mol. The molecular formula is C16H22BrNS. The Morgan fingerprint density at radius 3 is 3.00 bits per heavy atom. The van der Waals surface area contributed by atoms with Gasteiger partial charge in [-0.1, -0.05) is 6.42 Å². The molecule has 1 aromatic rings. The standard InChI is InChI=1S/C16H22BrNS/c17-16-8-13-14(2-1-3-15(13)19-16)18-9-12-7-10-4-5-11(12)6-10/h8,10-12,14,18H,1-7,9H2. The summed E-state index contributed by atoms with van der Waals surface area (Å²) in [7, 11) is 0. The summed E-state index contributed by atoms with van der Waals surface area (Å²) in [6.45, 7) is 1.26. The van der Waals surface area contributed by atoms with E-state index in [4.69, 9.17) is 0 Å². The van der Waals surface area contributed by atoms with Crippen LogP contribution in [-0.4, -0.2) is 6.54 Å². The zero-order valence-electron chi connectivity index (χ0n) is 11.3. The number of rotatable bonds is 3. The van der Waals surface area contributed by atoms with E-state index in [1.54, 1.807) is 10.4 Å². The van der Waals surface area contributed by atoms with Gasteiger partial charge < -0.3 is 5.32 Å². The Bertz CT molecular complexity index is 469. The third-order valence-corrected chi connectivity index (χ3v) is 7.31. The normalized spacial score (nSPS) is 36.7. The Kier molecular flexibility index (Phi) is 3.49. The molecule has 0 radical (unpaired) electrons. The van der Waals surface area contributed by atoms with Gasteiger partial charge in [-0.3, -0.25) is 0 Å². The van der Waals surface area contributed by atoms with Crippen LogP contribution in [-0.2, 0) is 6.42 Å². The van der Waals surface area contributed by atoms with Gasteiger partial charge in [0.05, 0.1) is 3.79 Å². The van der Waals surface area contributed by atoms with Crippen LogP contribution in [0, 0.1) is 17.8 Å². The third kappa shape index (κ3) is 2.43. The van der Waals surface area contributed by atoms with Crippen LogP contribution in [0.15, 0.2) is 9.85 Å². The maximum absolute atomic E-state index is 3.90. The van der Waals surface area contributed by atoms with E-state index in [-0.39, 0.29) is 0 Å². The maximum Gasteiger partial charge on any atom is 0.0704 e. The van der Waals surface area contributed by atoms with Gasteiger partial charge in [0.2, 0.25) is 0 Å². The number of hydrogen-bond donors (Lipinski definition) is 1. The van der Waals surface area contributed by atoms with Crippen LogP contribution in [0.3, 0.4) is 0 Å². The highest BCUT2D eigenvalue weighted by Crippen LogP contribution is 2.48. The van der Waals surface area contributed by atoms with Gasteiger partial charge in [0.25, 0.3) is 0 Å². The molecule has 1 nitrogen and oxygen atoms in total. The summed E-state index contributed by atoms with van der Waals surface area (Å²) in [4.78, 5) is 1.61. The minimum absolute atomic E-state index is 0.630. The average molecular weight is 340 g/mol. The fourth-order valence-corrected chi connectivity index (χ4v) is 6.47. The minimum atomic E-state index is 0.630. The van der Waals surface area contributed by atoms with Crippen molar-refractivity contribution in [2.24, 2.45) is 17.8 Å². The van der Waals surface area contributed by atoms with E-state index in [1.165, 1.54) is 55.3 Å². The highest BCUT2D eigenvalue weighted by Gasteiger charge is 2.39. The van der Waals surface area contributed by atoms with Gasteiger partial charge in [-0.05, 0) is 90.4 Å². The summed E-state index contributed by atoms with van der Waals surface area (Å²) in [6.07, 6.45) is 10.0. The van der Waals surface area contributed by atoms with Crippen LogP contribution in [0.4, 0.5) is 0 Å². The Balaban J connectivity index is 1.41. The van der Waals surface area contributed by atoms with Gasteiger partial charge in [-0.25, -0.2) is 0 Å². The summed E-state index contributed by atoms with van der Waals surface area (Å²) < 4.78 is 1.31. The summed E-state index contributed by atoms with van der Waals surface area (Å²) in [5.74, 6) is 3.11. The Hall–Kier alpha value is 0.140. The molecule has 104 valence electrons. The van der Waals surface area contributed by atoms with Gasteiger partial charge in [0.15, 0.2) is 0 Å². The predicted molar refractivity (Wildman–Crippen MR) is 84.6 cm³/mol. The molecule has 0 saturated heterocycles. The molecule has 1 heterocycles. The van der Waals surface area contributed by atoms with Crippen molar-refractivity contribution in [3.8, 4) is 0 Å². The second kappa shape index (κ2) is 5.16. The molecule has 4 unspecified atom stereocenters. The van der Waals surface area contributed by atoms with E-state index in [0.717, 1.165) is 17.8 Å². The van der Waals surface area contributed by atoms with E-state index in [9.17, 15) is 0 Å². The molecule has 0 amide bonds. The van der Waals surface area contributed by atoms with Crippen molar-refractivity contribution in [3.05, 3.63) is 20.3 Å². The van der Waals surface area contributed by atoms with Crippen molar-refractivity contribution < 1.29 is 0 Å². The lowest BCUT2D eigenvalue weighted by Gasteiger charge is -2.28. The first kappa shape index (κ1) is 12.8. The quantitative estimate of drug-likeness (QED) is 0.824. The molecule has 1 N–H and O–H groups in total. The maximum atomic E-state index is 3.90. The van der Waals surface area contributed by atoms with Crippen molar-refractivity contribution in [3.63, 3.8) is 0 Å². The lowest BCUT2D eigenvalue weighted by molar-refractivity contribution is 0.300. The molecule has 4 rings (SSSR count). The fourth-order valence-electron chi connectivity index (χ4n) is 4.65. The molecule has 3 heteroatoms. The zero-order valence-corrected chi connectivity index (χ0v) is 13.7. The van der Waals surface area contributed by atoms with E-state index in [1.807, 2.05) is 11.3 Å². The number of halogens is 1. The van der Waals surface area contributed by atoms with E-state index in [0.29, 0.717) is 6.04 Å². The first-order valence-corrected chi connectivity index (χ1v) is 9.42. The van der Waals surface area contributed by atoms with Gasteiger partial charge in [0, 0.05) is 10.9 Å². The van der Waals surface area contributed by atoms with Crippen molar-refractivity contribution >= 4 is 27.3 Å². The molecular weight excluding hydrogens is 318 g/mol. The number of hydrogen-bond acceptors (Lipinski definition) is 2. The number of nitrogens with one attached hydrogen (secondary N) is 1. The van der Waals surface area contributed by atoms with Crippen LogP contribution in [0.2, 0.25) is 0 Å². The smallest absolute Gasteiger partial charge is 0.0704 e. The van der Waals surface area contributed by atoms with E-state index in [2.05, 4.69) is 27.3 Å². The third-order valence-electron chi connectivity index (χ3n) is 5.59. The van der Waals surface area contributed by atoms with Gasteiger partial charge in [-0.2, -0.15) is 0 Å². The topological polar surface area (TPSA) is 12.0 Å². The zero-order chi connectivity index (χ0) is 12.8. The Labute approximate surface area is 128 Å². The number of aryl methyl sites for hydroxylation is 1. The van der Waals surface area contributed by atoms with Gasteiger partial charge in [-0.15, -0.1) is 11.3 Å². The van der Waals surface area contributed by atoms with Crippen molar-refractivity contribution in [2.75, 3.05) is 6.54 Å². The second-order valence-corrected chi connectivity index (χ2v) is 9.23. The fraction of sp³-hybridized carbons (Fsp3) is 0.750. The highest BCUT2D eigenvalue weighted by atomic mass is 79.9.